The van der Waals surface area contributed by atoms with Crippen molar-refractivity contribution in [3.63, 3.8) is 0 Å². The monoisotopic (exact) mass is 504 g/mol. The number of carbonyl (C=O) groups is 2. The molecule has 2 aliphatic rings. The van der Waals surface area contributed by atoms with E-state index in [-0.39, 0.29) is 30.4 Å². The van der Waals surface area contributed by atoms with E-state index in [0.717, 1.165) is 41.0 Å². The lowest BCUT2D eigenvalue weighted by Gasteiger charge is -2.38. The maximum Gasteiger partial charge on any atom is 0.232 e. The van der Waals surface area contributed by atoms with Gasteiger partial charge in [-0.25, -0.2) is 0 Å². The lowest BCUT2D eigenvalue weighted by atomic mass is 9.86. The van der Waals surface area contributed by atoms with Crippen LogP contribution >= 0.6 is 11.6 Å². The lowest BCUT2D eigenvalue weighted by molar-refractivity contribution is -0.119. The molecule has 0 radical (unpaired) electrons. The van der Waals surface area contributed by atoms with Crippen LogP contribution in [0, 0.1) is 0 Å². The third-order valence-electron chi connectivity index (χ3n) is 6.65. The van der Waals surface area contributed by atoms with E-state index < -0.39 is 0 Å². The molecule has 1 atom stereocenters. The molecule has 3 aromatic rings. The molecule has 1 unspecified atom stereocenters. The second-order valence-electron chi connectivity index (χ2n) is 9.43. The largest absolute Gasteiger partial charge is 0.493 e. The van der Waals surface area contributed by atoms with Crippen molar-refractivity contribution in [1.82, 2.24) is 0 Å². The van der Waals surface area contributed by atoms with E-state index in [2.05, 4.69) is 0 Å². The molecule has 6 nitrogen and oxygen atoms in total. The van der Waals surface area contributed by atoms with Gasteiger partial charge in [-0.05, 0) is 85.5 Å². The SMILES string of the molecule is COc1cc2c(cc1OC(C)C)C(c1ccc(Cl)cc1)N(c1ccc(N3CCCC3=O)cc1)C(=O)C2. The zero-order valence-electron chi connectivity index (χ0n) is 20.7. The zero-order valence-corrected chi connectivity index (χ0v) is 21.4. The predicted octanol–water partition coefficient (Wildman–Crippen LogP) is 5.94. The summed E-state index contributed by atoms with van der Waals surface area (Å²) in [6, 6.07) is 18.8. The van der Waals surface area contributed by atoms with Crippen molar-refractivity contribution < 1.29 is 19.1 Å². The van der Waals surface area contributed by atoms with Crippen LogP contribution in [0.4, 0.5) is 11.4 Å². The van der Waals surface area contributed by atoms with Crippen LogP contribution in [0.15, 0.2) is 60.7 Å². The first-order valence-electron chi connectivity index (χ1n) is 12.2. The van der Waals surface area contributed by atoms with E-state index in [4.69, 9.17) is 21.1 Å². The van der Waals surface area contributed by atoms with Gasteiger partial charge in [0.25, 0.3) is 0 Å². The molecule has 0 spiro atoms. The Bertz CT molecular complexity index is 1290. The summed E-state index contributed by atoms with van der Waals surface area (Å²) in [5, 5.41) is 0.630. The van der Waals surface area contributed by atoms with Gasteiger partial charge in [0.05, 0.1) is 25.7 Å². The van der Waals surface area contributed by atoms with Crippen molar-refractivity contribution in [3.05, 3.63) is 82.4 Å². The fraction of sp³-hybridized carbons (Fsp3) is 0.310. The van der Waals surface area contributed by atoms with E-state index in [9.17, 15) is 9.59 Å². The number of rotatable bonds is 6. The minimum Gasteiger partial charge on any atom is -0.493 e. The number of ether oxygens (including phenoxy) is 2. The minimum atomic E-state index is -0.377. The second-order valence-corrected chi connectivity index (χ2v) is 9.86. The standard InChI is InChI=1S/C29H29ClN2O4/c1-18(2)36-26-17-24-20(15-25(26)35-3)16-28(34)32(29(24)19-6-8-21(30)9-7-19)23-12-10-22(11-13-23)31-14-4-5-27(31)33/h6-13,15,17-18,29H,4-5,14,16H2,1-3H3. The van der Waals surface area contributed by atoms with Crippen molar-refractivity contribution in [2.24, 2.45) is 0 Å². The summed E-state index contributed by atoms with van der Waals surface area (Å²) >= 11 is 6.20. The molecular weight excluding hydrogens is 476 g/mol. The Hall–Kier alpha value is -3.51. The summed E-state index contributed by atoms with van der Waals surface area (Å²) < 4.78 is 11.7. The maximum absolute atomic E-state index is 13.6. The molecule has 2 aliphatic heterocycles. The van der Waals surface area contributed by atoms with E-state index in [1.54, 1.807) is 12.0 Å². The number of hydrogen-bond acceptors (Lipinski definition) is 4. The molecule has 0 saturated carbocycles. The van der Waals surface area contributed by atoms with Crippen molar-refractivity contribution in [2.45, 2.75) is 45.3 Å². The van der Waals surface area contributed by atoms with Gasteiger partial charge in [0.15, 0.2) is 11.5 Å². The third kappa shape index (κ3) is 4.53. The van der Waals surface area contributed by atoms with Gasteiger partial charge < -0.3 is 19.3 Å². The summed E-state index contributed by atoms with van der Waals surface area (Å²) in [4.78, 5) is 29.5. The van der Waals surface area contributed by atoms with Crippen LogP contribution in [0.3, 0.4) is 0 Å². The van der Waals surface area contributed by atoms with Gasteiger partial charge in [0, 0.05) is 29.4 Å². The summed E-state index contributed by atoms with van der Waals surface area (Å²) in [5.74, 6) is 1.36. The number of amides is 2. The predicted molar refractivity (Wildman–Crippen MR) is 141 cm³/mol. The van der Waals surface area contributed by atoms with Crippen molar-refractivity contribution in [3.8, 4) is 11.5 Å². The maximum atomic E-state index is 13.6. The average molecular weight is 505 g/mol. The van der Waals surface area contributed by atoms with E-state index in [1.807, 2.05) is 79.4 Å². The van der Waals surface area contributed by atoms with Crippen molar-refractivity contribution in [2.75, 3.05) is 23.5 Å². The van der Waals surface area contributed by atoms with Crippen LogP contribution in [-0.2, 0) is 16.0 Å². The molecule has 0 aliphatic carbocycles. The number of methoxy groups -OCH3 is 1. The Balaban J connectivity index is 1.62. The first kappa shape index (κ1) is 24.2. The first-order chi connectivity index (χ1) is 17.4. The number of anilines is 2. The molecule has 2 amide bonds. The summed E-state index contributed by atoms with van der Waals surface area (Å²) in [6.07, 6.45) is 1.65. The smallest absolute Gasteiger partial charge is 0.232 e. The molecule has 0 bridgehead atoms. The van der Waals surface area contributed by atoms with Crippen LogP contribution < -0.4 is 19.3 Å². The highest BCUT2D eigenvalue weighted by molar-refractivity contribution is 6.30. The number of fused-ring (bicyclic) bond motifs is 1. The Morgan fingerprint density at radius 3 is 2.22 bits per heavy atom. The average Bonchev–Trinajstić information content (AvgIpc) is 3.29. The molecule has 0 aromatic heterocycles. The highest BCUT2D eigenvalue weighted by atomic mass is 35.5. The number of nitrogens with zero attached hydrogens (tertiary/aromatic N) is 2. The number of halogens is 1. The Kier molecular flexibility index (Phi) is 6.63. The molecule has 36 heavy (non-hydrogen) atoms. The molecule has 186 valence electrons. The van der Waals surface area contributed by atoms with Crippen LogP contribution in [0.25, 0.3) is 0 Å². The fourth-order valence-electron chi connectivity index (χ4n) is 5.04. The van der Waals surface area contributed by atoms with Gasteiger partial charge in [-0.2, -0.15) is 0 Å². The van der Waals surface area contributed by atoms with Crippen LogP contribution in [-0.4, -0.2) is 31.6 Å². The van der Waals surface area contributed by atoms with Gasteiger partial charge in [-0.1, -0.05) is 23.7 Å². The number of carbonyl (C=O) groups excluding carboxylic acids is 2. The van der Waals surface area contributed by atoms with Crippen molar-refractivity contribution in [1.29, 1.82) is 0 Å². The minimum absolute atomic E-state index is 0.0213. The van der Waals surface area contributed by atoms with Gasteiger partial charge >= 0.3 is 0 Å². The lowest BCUT2D eigenvalue weighted by Crippen LogP contribution is -2.41. The topological polar surface area (TPSA) is 59.1 Å². The second kappa shape index (κ2) is 9.86. The molecular formula is C29H29ClN2O4. The van der Waals surface area contributed by atoms with Crippen LogP contribution in [0.5, 0.6) is 11.5 Å². The van der Waals surface area contributed by atoms with E-state index in [0.29, 0.717) is 22.9 Å². The molecule has 0 N–H and O–H groups in total. The molecule has 1 fully saturated rings. The van der Waals surface area contributed by atoms with Crippen LogP contribution in [0.2, 0.25) is 5.02 Å². The normalized spacial score (nSPS) is 17.5. The van der Waals surface area contributed by atoms with Gasteiger partial charge in [-0.15, -0.1) is 0 Å². The van der Waals surface area contributed by atoms with E-state index >= 15 is 0 Å². The Labute approximate surface area is 216 Å². The number of benzene rings is 3. The molecule has 1 saturated heterocycles. The third-order valence-corrected chi connectivity index (χ3v) is 6.90. The Morgan fingerprint density at radius 2 is 1.61 bits per heavy atom. The van der Waals surface area contributed by atoms with E-state index in [1.165, 1.54) is 0 Å². The highest BCUT2D eigenvalue weighted by Crippen LogP contribution is 2.44. The quantitative estimate of drug-likeness (QED) is 0.417. The molecule has 2 heterocycles. The summed E-state index contributed by atoms with van der Waals surface area (Å²) in [7, 11) is 1.61. The zero-order chi connectivity index (χ0) is 25.4. The summed E-state index contributed by atoms with van der Waals surface area (Å²) in [6.45, 7) is 4.66. The van der Waals surface area contributed by atoms with Crippen molar-refractivity contribution >= 4 is 34.8 Å². The fourth-order valence-corrected chi connectivity index (χ4v) is 5.17. The molecule has 5 rings (SSSR count). The van der Waals surface area contributed by atoms with Crippen LogP contribution in [0.1, 0.15) is 49.4 Å². The highest BCUT2D eigenvalue weighted by Gasteiger charge is 2.36. The number of hydrogen-bond donors (Lipinski definition) is 0. The van der Waals surface area contributed by atoms with Gasteiger partial charge in [0.2, 0.25) is 11.8 Å². The van der Waals surface area contributed by atoms with Gasteiger partial charge in [0.1, 0.15) is 0 Å². The first-order valence-corrected chi connectivity index (χ1v) is 12.6. The van der Waals surface area contributed by atoms with Gasteiger partial charge in [-0.3, -0.25) is 9.59 Å². The summed E-state index contributed by atoms with van der Waals surface area (Å²) in [5.41, 5.74) is 4.44. The molecule has 3 aromatic carbocycles. The Morgan fingerprint density at radius 1 is 0.917 bits per heavy atom. The molecule has 7 heteroatoms.